The zero-order valence-corrected chi connectivity index (χ0v) is 17.0. The minimum Gasteiger partial charge on any atom is -0.465 e. The lowest BCUT2D eigenvalue weighted by Gasteiger charge is -2.47. The van der Waals surface area contributed by atoms with E-state index in [1.165, 1.54) is 4.90 Å². The van der Waals surface area contributed by atoms with Gasteiger partial charge in [0, 0.05) is 6.54 Å². The number of hydrogen-bond acceptors (Lipinski definition) is 7. The van der Waals surface area contributed by atoms with Crippen molar-refractivity contribution < 1.29 is 27.8 Å². The fourth-order valence-electron chi connectivity index (χ4n) is 4.77. The summed E-state index contributed by atoms with van der Waals surface area (Å²) in [7, 11) is 0. The molecule has 2 bridgehead atoms. The highest BCUT2D eigenvalue weighted by atomic mass is 35.5. The molecule has 4 unspecified atom stereocenters. The topological polar surface area (TPSA) is 91.7 Å². The maximum absolute atomic E-state index is 14.8. The molecule has 0 saturated carbocycles. The third kappa shape index (κ3) is 2.69. The molecule has 160 valence electrons. The number of anilines is 1. The number of carboxylic acid groups (broad SMARTS) is 1. The second-order valence-corrected chi connectivity index (χ2v) is 8.46. The lowest BCUT2D eigenvalue weighted by Crippen LogP contribution is -2.66. The van der Waals surface area contributed by atoms with Gasteiger partial charge in [-0.25, -0.2) is 27.9 Å². The van der Waals surface area contributed by atoms with Gasteiger partial charge in [0.15, 0.2) is 22.2 Å². The van der Waals surface area contributed by atoms with E-state index in [0.717, 1.165) is 11.8 Å². The van der Waals surface area contributed by atoms with E-state index < -0.39 is 47.7 Å². The van der Waals surface area contributed by atoms with E-state index in [2.05, 4.69) is 15.0 Å². The molecule has 4 atom stereocenters. The van der Waals surface area contributed by atoms with E-state index in [0.29, 0.717) is 12.8 Å². The molecule has 0 radical (unpaired) electrons. The second kappa shape index (κ2) is 6.91. The number of nitrogens with zero attached hydrogens (tertiary/aromatic N) is 5. The summed E-state index contributed by atoms with van der Waals surface area (Å²) in [4.78, 5) is 27.1. The van der Waals surface area contributed by atoms with Crippen molar-refractivity contribution in [3.63, 3.8) is 0 Å². The molecule has 5 rings (SSSR count). The molecule has 13 heteroatoms. The van der Waals surface area contributed by atoms with Gasteiger partial charge in [-0.2, -0.15) is 4.98 Å². The van der Waals surface area contributed by atoms with Crippen molar-refractivity contribution >= 4 is 46.2 Å². The molecule has 2 saturated heterocycles. The van der Waals surface area contributed by atoms with Gasteiger partial charge < -0.3 is 14.7 Å². The van der Waals surface area contributed by atoms with E-state index in [4.69, 9.17) is 16.3 Å². The van der Waals surface area contributed by atoms with Crippen LogP contribution < -0.4 is 9.64 Å². The smallest absolute Gasteiger partial charge is 0.407 e. The van der Waals surface area contributed by atoms with Gasteiger partial charge in [-0.15, -0.1) is 0 Å². The Morgan fingerprint density at radius 2 is 2.10 bits per heavy atom. The van der Waals surface area contributed by atoms with Gasteiger partial charge in [0.05, 0.1) is 18.1 Å². The Bertz CT molecular complexity index is 1060. The summed E-state index contributed by atoms with van der Waals surface area (Å²) in [6.07, 6.45) is -3.18. The van der Waals surface area contributed by atoms with Gasteiger partial charge in [0.2, 0.25) is 5.88 Å². The van der Waals surface area contributed by atoms with Crippen molar-refractivity contribution in [3.8, 4) is 5.88 Å². The van der Waals surface area contributed by atoms with Crippen LogP contribution in [-0.4, -0.2) is 74.5 Å². The van der Waals surface area contributed by atoms with Gasteiger partial charge >= 0.3 is 6.09 Å². The molecule has 3 aliphatic heterocycles. The second-order valence-electron chi connectivity index (χ2n) is 7.33. The Morgan fingerprint density at radius 3 is 2.77 bits per heavy atom. The van der Waals surface area contributed by atoms with Crippen molar-refractivity contribution in [2.24, 2.45) is 0 Å². The number of thioether (sulfide) groups is 1. The maximum Gasteiger partial charge on any atom is 0.407 e. The molecule has 0 aromatic carbocycles. The molecular formula is C17H15ClF3N5O3S. The number of piperazine rings is 1. The molecular weight excluding hydrogens is 447 g/mol. The first kappa shape index (κ1) is 19.7. The van der Waals surface area contributed by atoms with Gasteiger partial charge in [-0.05, 0) is 19.1 Å². The van der Waals surface area contributed by atoms with Crippen LogP contribution in [0.3, 0.4) is 0 Å². The summed E-state index contributed by atoms with van der Waals surface area (Å²) < 4.78 is 48.7. The molecule has 0 spiro atoms. The first-order valence-corrected chi connectivity index (χ1v) is 10.8. The number of carbonyl (C=O) groups is 1. The highest BCUT2D eigenvalue weighted by molar-refractivity contribution is 7.98. The van der Waals surface area contributed by atoms with Crippen LogP contribution in [0.25, 0.3) is 10.9 Å². The number of rotatable bonds is 2. The molecule has 2 fully saturated rings. The fraction of sp³-hybridized carbons (Fsp3) is 0.529. The SMILES string of the molecule is CSc1nc2c3c(nc(Cl)c(F)c3n1)OC(C(F)F)C1C3CCC(CN21)N3C(=O)O. The zero-order valence-electron chi connectivity index (χ0n) is 15.4. The van der Waals surface area contributed by atoms with Gasteiger partial charge in [-0.3, -0.25) is 4.90 Å². The molecule has 8 nitrogen and oxygen atoms in total. The summed E-state index contributed by atoms with van der Waals surface area (Å²) >= 11 is 7.05. The molecule has 30 heavy (non-hydrogen) atoms. The quantitative estimate of drug-likeness (QED) is 0.414. The Morgan fingerprint density at radius 1 is 1.33 bits per heavy atom. The van der Waals surface area contributed by atoms with E-state index in [9.17, 15) is 23.1 Å². The predicted molar refractivity (Wildman–Crippen MR) is 102 cm³/mol. The van der Waals surface area contributed by atoms with Gasteiger partial charge in [-0.1, -0.05) is 23.4 Å². The van der Waals surface area contributed by atoms with Crippen LogP contribution in [0.1, 0.15) is 12.8 Å². The van der Waals surface area contributed by atoms with Crippen LogP contribution in [-0.2, 0) is 0 Å². The maximum atomic E-state index is 14.8. The number of fused-ring (bicyclic) bond motifs is 5. The Balaban J connectivity index is 1.79. The molecule has 1 N–H and O–H groups in total. The normalized spacial score (nSPS) is 27.3. The van der Waals surface area contributed by atoms with E-state index >= 15 is 0 Å². The lowest BCUT2D eigenvalue weighted by atomic mass is 9.97. The summed E-state index contributed by atoms with van der Waals surface area (Å²) in [6, 6.07) is -2.14. The van der Waals surface area contributed by atoms with E-state index in [-0.39, 0.29) is 34.3 Å². The van der Waals surface area contributed by atoms with Crippen molar-refractivity contribution in [1.82, 2.24) is 19.9 Å². The number of pyridine rings is 1. The van der Waals surface area contributed by atoms with Crippen LogP contribution in [0.15, 0.2) is 5.16 Å². The number of ether oxygens (including phenoxy) is 1. The fourth-order valence-corrected chi connectivity index (χ4v) is 5.29. The summed E-state index contributed by atoms with van der Waals surface area (Å²) in [5.74, 6) is -0.967. The molecule has 2 aromatic heterocycles. The first-order chi connectivity index (χ1) is 14.3. The number of amides is 1. The lowest BCUT2D eigenvalue weighted by molar-refractivity contribution is -0.0268. The molecule has 1 amide bonds. The molecule has 5 heterocycles. The number of alkyl halides is 2. The highest BCUT2D eigenvalue weighted by Crippen LogP contribution is 2.46. The van der Waals surface area contributed by atoms with Crippen molar-refractivity contribution in [2.75, 3.05) is 17.7 Å². The summed E-state index contributed by atoms with van der Waals surface area (Å²) in [5, 5.41) is 9.40. The third-order valence-corrected chi connectivity index (χ3v) is 6.69. The van der Waals surface area contributed by atoms with Crippen LogP contribution >= 0.6 is 23.4 Å². The zero-order chi connectivity index (χ0) is 21.3. The number of halogens is 4. The van der Waals surface area contributed by atoms with Crippen LogP contribution in [0, 0.1) is 5.82 Å². The van der Waals surface area contributed by atoms with E-state index in [1.54, 1.807) is 11.2 Å². The highest BCUT2D eigenvalue weighted by Gasteiger charge is 2.55. The summed E-state index contributed by atoms with van der Waals surface area (Å²) in [6.45, 7) is 0.129. The monoisotopic (exact) mass is 461 g/mol. The largest absolute Gasteiger partial charge is 0.465 e. The molecule has 0 aliphatic carbocycles. The van der Waals surface area contributed by atoms with Gasteiger partial charge in [0.25, 0.3) is 6.43 Å². The van der Waals surface area contributed by atoms with Crippen molar-refractivity contribution in [2.45, 2.75) is 48.7 Å². The van der Waals surface area contributed by atoms with E-state index in [1.807, 2.05) is 0 Å². The van der Waals surface area contributed by atoms with Gasteiger partial charge in [0.1, 0.15) is 16.7 Å². The molecule has 3 aliphatic rings. The average molecular weight is 462 g/mol. The molecule has 2 aromatic rings. The van der Waals surface area contributed by atoms with Crippen molar-refractivity contribution in [3.05, 3.63) is 11.0 Å². The summed E-state index contributed by atoms with van der Waals surface area (Å²) in [5.41, 5.74) is -0.166. The van der Waals surface area contributed by atoms with Crippen LogP contribution in [0.4, 0.5) is 23.8 Å². The Labute approximate surface area is 177 Å². The predicted octanol–water partition coefficient (Wildman–Crippen LogP) is 3.26. The minimum absolute atomic E-state index is 0.0611. The average Bonchev–Trinajstić information content (AvgIpc) is 2.96. The number of hydrogen-bond donors (Lipinski definition) is 1. The Hall–Kier alpha value is -2.21. The first-order valence-electron chi connectivity index (χ1n) is 9.15. The van der Waals surface area contributed by atoms with Crippen LogP contribution in [0.2, 0.25) is 5.15 Å². The third-order valence-electron chi connectivity index (χ3n) is 5.89. The number of aromatic nitrogens is 3. The standard InChI is InChI=1S/C17H15ClF3N5O3S/c1-30-16-22-9-7-14(24-16)25-4-5-2-3-6(26(5)17(27)28)10(25)11(13(20)21)29-15(7)23-12(18)8(9)19/h5-6,10-11,13H,2-4H2,1H3,(H,27,28). The minimum atomic E-state index is -2.95. The Kier molecular flexibility index (Phi) is 4.54. The van der Waals surface area contributed by atoms with Crippen LogP contribution in [0.5, 0.6) is 5.88 Å². The van der Waals surface area contributed by atoms with Crippen molar-refractivity contribution in [1.29, 1.82) is 0 Å².